The van der Waals surface area contributed by atoms with Gasteiger partial charge in [-0.1, -0.05) is 6.42 Å². The molecule has 1 N–H and O–H groups in total. The van der Waals surface area contributed by atoms with Crippen LogP contribution in [0.25, 0.3) is 0 Å². The first-order valence-corrected chi connectivity index (χ1v) is 8.59. The van der Waals surface area contributed by atoms with E-state index in [-0.39, 0.29) is 5.78 Å². The Labute approximate surface area is 153 Å². The number of carbonyl (C=O) groups excluding carboxylic acids is 4. The van der Waals surface area contributed by atoms with Crippen molar-refractivity contribution in [2.24, 2.45) is 0 Å². The summed E-state index contributed by atoms with van der Waals surface area (Å²) in [4.78, 5) is 48.4. The summed E-state index contributed by atoms with van der Waals surface area (Å²) < 4.78 is 14.7. The van der Waals surface area contributed by atoms with Gasteiger partial charge in [-0.3, -0.25) is 4.79 Å². The van der Waals surface area contributed by atoms with Crippen molar-refractivity contribution in [1.82, 2.24) is 10.2 Å². The largest absolute Gasteiger partial charge is 0.444 e. The maximum absolute atomic E-state index is 11.9. The number of ether oxygens (including phenoxy) is 3. The van der Waals surface area contributed by atoms with Gasteiger partial charge in [0.1, 0.15) is 11.6 Å². The molecule has 0 bridgehead atoms. The van der Waals surface area contributed by atoms with Gasteiger partial charge in [-0.2, -0.15) is 0 Å². The molecule has 0 spiro atoms. The van der Waals surface area contributed by atoms with E-state index in [1.807, 2.05) is 0 Å². The topological polar surface area (TPSA) is 111 Å². The summed E-state index contributed by atoms with van der Waals surface area (Å²) in [6.45, 7) is 5.90. The number of Topliss-reactive ketones (excluding diaryl/α,β-unsaturated/α-hetero) is 1. The molecule has 9 heteroatoms. The molecule has 2 atom stereocenters. The molecule has 2 unspecified atom stereocenters. The number of likely N-dealkylation sites (N-methyl/N-ethyl adjacent to an activating group) is 1. The summed E-state index contributed by atoms with van der Waals surface area (Å²) in [6.07, 6.45) is 1.25. The smallest absolute Gasteiger partial charge is 0.413 e. The average molecular weight is 372 g/mol. The zero-order valence-electron chi connectivity index (χ0n) is 16.0. The standard InChI is InChI=1S/C17H28N2O7/c1-11(18-15(22)26-17(2,3)4)14(21)24-10-25-16(23)19(5)12-8-6-7-9-13(12)20/h11-12H,6-10H2,1-5H3,(H,18,22). The molecule has 1 fully saturated rings. The van der Waals surface area contributed by atoms with Gasteiger partial charge < -0.3 is 24.4 Å². The van der Waals surface area contributed by atoms with Crippen LogP contribution in [0, 0.1) is 0 Å². The molecular weight excluding hydrogens is 344 g/mol. The molecule has 0 radical (unpaired) electrons. The van der Waals surface area contributed by atoms with Crippen molar-refractivity contribution in [3.63, 3.8) is 0 Å². The van der Waals surface area contributed by atoms with Crippen molar-refractivity contribution in [2.45, 2.75) is 71.1 Å². The van der Waals surface area contributed by atoms with Crippen LogP contribution in [0.2, 0.25) is 0 Å². The lowest BCUT2D eigenvalue weighted by Gasteiger charge is -2.29. The molecule has 0 aromatic carbocycles. The second-order valence-electron chi connectivity index (χ2n) is 7.20. The minimum atomic E-state index is -0.971. The van der Waals surface area contributed by atoms with Crippen LogP contribution in [0.3, 0.4) is 0 Å². The van der Waals surface area contributed by atoms with Gasteiger partial charge in [0.15, 0.2) is 5.78 Å². The first-order chi connectivity index (χ1) is 12.0. The third kappa shape index (κ3) is 7.28. The molecule has 148 valence electrons. The summed E-state index contributed by atoms with van der Waals surface area (Å²) >= 11 is 0. The maximum Gasteiger partial charge on any atom is 0.413 e. The zero-order valence-corrected chi connectivity index (χ0v) is 16.0. The van der Waals surface area contributed by atoms with E-state index in [4.69, 9.17) is 14.2 Å². The van der Waals surface area contributed by atoms with Crippen LogP contribution in [0.5, 0.6) is 0 Å². The molecule has 0 saturated heterocycles. The number of hydrogen-bond acceptors (Lipinski definition) is 7. The summed E-state index contributed by atoms with van der Waals surface area (Å²) in [6, 6.07) is -1.47. The lowest BCUT2D eigenvalue weighted by Crippen LogP contribution is -2.45. The molecule has 0 aliphatic heterocycles. The highest BCUT2D eigenvalue weighted by Crippen LogP contribution is 2.19. The third-order valence-electron chi connectivity index (χ3n) is 3.75. The summed E-state index contributed by atoms with van der Waals surface area (Å²) in [5, 5.41) is 2.32. The first-order valence-electron chi connectivity index (χ1n) is 8.59. The van der Waals surface area contributed by atoms with E-state index in [1.165, 1.54) is 18.9 Å². The fourth-order valence-electron chi connectivity index (χ4n) is 2.41. The van der Waals surface area contributed by atoms with Crippen molar-refractivity contribution in [2.75, 3.05) is 13.8 Å². The van der Waals surface area contributed by atoms with Gasteiger partial charge in [0, 0.05) is 13.5 Å². The Bertz CT molecular complexity index is 542. The number of rotatable bonds is 5. The van der Waals surface area contributed by atoms with Gasteiger partial charge in [0.2, 0.25) is 6.79 Å². The lowest BCUT2D eigenvalue weighted by atomic mass is 9.93. The second kappa shape index (κ2) is 9.40. The molecule has 1 aliphatic rings. The van der Waals surface area contributed by atoms with E-state index < -0.39 is 42.6 Å². The van der Waals surface area contributed by atoms with Crippen LogP contribution in [0.4, 0.5) is 9.59 Å². The highest BCUT2D eigenvalue weighted by molar-refractivity contribution is 5.87. The fraction of sp³-hybridized carbons (Fsp3) is 0.765. The van der Waals surface area contributed by atoms with Gasteiger partial charge in [0.25, 0.3) is 0 Å². The van der Waals surface area contributed by atoms with Crippen molar-refractivity contribution >= 4 is 23.9 Å². The molecule has 1 rings (SSSR count). The van der Waals surface area contributed by atoms with Gasteiger partial charge >= 0.3 is 18.2 Å². The SMILES string of the molecule is CC(NC(=O)OC(C)(C)C)C(=O)OCOC(=O)N(C)C1CCCCC1=O. The molecular formula is C17H28N2O7. The maximum atomic E-state index is 11.9. The fourth-order valence-corrected chi connectivity index (χ4v) is 2.41. The van der Waals surface area contributed by atoms with Crippen molar-refractivity contribution in [3.05, 3.63) is 0 Å². The van der Waals surface area contributed by atoms with Crippen LogP contribution >= 0.6 is 0 Å². The molecule has 26 heavy (non-hydrogen) atoms. The first kappa shape index (κ1) is 21.7. The monoisotopic (exact) mass is 372 g/mol. The number of amides is 2. The van der Waals surface area contributed by atoms with E-state index in [9.17, 15) is 19.2 Å². The van der Waals surface area contributed by atoms with Crippen molar-refractivity contribution < 1.29 is 33.4 Å². The van der Waals surface area contributed by atoms with Crippen molar-refractivity contribution in [1.29, 1.82) is 0 Å². The number of nitrogens with zero attached hydrogens (tertiary/aromatic N) is 1. The average Bonchev–Trinajstić information content (AvgIpc) is 2.52. The van der Waals surface area contributed by atoms with E-state index >= 15 is 0 Å². The molecule has 0 aromatic heterocycles. The Morgan fingerprint density at radius 1 is 1.23 bits per heavy atom. The van der Waals surface area contributed by atoms with Gasteiger partial charge in [0.05, 0.1) is 6.04 Å². The van der Waals surface area contributed by atoms with Crippen LogP contribution in [-0.2, 0) is 23.8 Å². The number of carbonyl (C=O) groups is 4. The molecule has 1 aliphatic carbocycles. The zero-order chi connectivity index (χ0) is 19.9. The Kier molecular flexibility index (Phi) is 7.85. The van der Waals surface area contributed by atoms with Gasteiger partial charge in [-0.05, 0) is 40.5 Å². The van der Waals surface area contributed by atoms with Crippen LogP contribution in [0.1, 0.15) is 53.4 Å². The van der Waals surface area contributed by atoms with E-state index in [0.29, 0.717) is 12.8 Å². The molecule has 0 heterocycles. The highest BCUT2D eigenvalue weighted by atomic mass is 16.7. The summed E-state index contributed by atoms with van der Waals surface area (Å²) in [7, 11) is 1.48. The Morgan fingerprint density at radius 2 is 1.88 bits per heavy atom. The minimum Gasteiger partial charge on any atom is -0.444 e. The van der Waals surface area contributed by atoms with Crippen LogP contribution in [0.15, 0.2) is 0 Å². The van der Waals surface area contributed by atoms with Gasteiger partial charge in [-0.25, -0.2) is 14.4 Å². The second-order valence-corrected chi connectivity index (χ2v) is 7.20. The number of alkyl carbamates (subject to hydrolysis) is 1. The van der Waals surface area contributed by atoms with E-state index in [2.05, 4.69) is 5.32 Å². The number of ketones is 1. The lowest BCUT2D eigenvalue weighted by molar-refractivity contribution is -0.154. The number of nitrogens with one attached hydrogen (secondary N) is 1. The van der Waals surface area contributed by atoms with Crippen LogP contribution in [-0.4, -0.2) is 60.4 Å². The van der Waals surface area contributed by atoms with Crippen molar-refractivity contribution in [3.8, 4) is 0 Å². The predicted octanol–water partition coefficient (Wildman–Crippen LogP) is 1.98. The minimum absolute atomic E-state index is 0.00266. The molecule has 9 nitrogen and oxygen atoms in total. The molecule has 2 amide bonds. The summed E-state index contributed by atoms with van der Waals surface area (Å²) in [5.74, 6) is -0.775. The normalized spacial score (nSPS) is 18.5. The summed E-state index contributed by atoms with van der Waals surface area (Å²) in [5.41, 5.74) is -0.690. The Balaban J connectivity index is 2.34. The van der Waals surface area contributed by atoms with E-state index in [0.717, 1.165) is 12.8 Å². The molecule has 1 saturated carbocycles. The Morgan fingerprint density at radius 3 is 2.46 bits per heavy atom. The Hall–Kier alpha value is -2.32. The van der Waals surface area contributed by atoms with Gasteiger partial charge in [-0.15, -0.1) is 0 Å². The molecule has 0 aromatic rings. The van der Waals surface area contributed by atoms with E-state index in [1.54, 1.807) is 20.8 Å². The predicted molar refractivity (Wildman–Crippen MR) is 91.3 cm³/mol. The number of hydrogen-bond donors (Lipinski definition) is 1. The number of esters is 1. The highest BCUT2D eigenvalue weighted by Gasteiger charge is 2.30. The quantitative estimate of drug-likeness (QED) is 0.580. The van der Waals surface area contributed by atoms with Crippen LogP contribution < -0.4 is 5.32 Å². The third-order valence-corrected chi connectivity index (χ3v) is 3.75.